The van der Waals surface area contributed by atoms with Crippen molar-refractivity contribution in [2.24, 2.45) is 0 Å². The maximum absolute atomic E-state index is 11.5. The monoisotopic (exact) mass is 678 g/mol. The fraction of sp³-hybridized carbons (Fsp3) is 0.964. The first-order chi connectivity index (χ1) is 20.5. The maximum atomic E-state index is 11.5. The number of hydrogen-bond acceptors (Lipinski definition) is 13. The van der Waals surface area contributed by atoms with Crippen molar-refractivity contribution in [1.82, 2.24) is 0 Å². The fourth-order valence-electron chi connectivity index (χ4n) is 2.78. The van der Waals surface area contributed by atoms with Crippen LogP contribution in [-0.4, -0.2) is 162 Å². The van der Waals surface area contributed by atoms with Crippen LogP contribution in [-0.2, 0) is 61.6 Å². The van der Waals surface area contributed by atoms with Gasteiger partial charge >= 0.3 is 5.97 Å². The van der Waals surface area contributed by atoms with E-state index in [9.17, 15) is 4.79 Å². The SMILES string of the molecule is CC(C)(C)OC(=O)COCCOCCOCCOCCOCCOCCOCCOCCOCCOCCOCCBr. The van der Waals surface area contributed by atoms with E-state index in [1.54, 1.807) is 0 Å². The molecule has 14 heteroatoms. The average Bonchev–Trinajstić information content (AvgIpc) is 2.94. The molecule has 13 nitrogen and oxygen atoms in total. The van der Waals surface area contributed by atoms with Crippen LogP contribution in [0, 0.1) is 0 Å². The minimum atomic E-state index is -0.509. The molecule has 0 spiro atoms. The lowest BCUT2D eigenvalue weighted by Crippen LogP contribution is -2.27. The van der Waals surface area contributed by atoms with Crippen LogP contribution in [0.15, 0.2) is 0 Å². The third-order valence-corrected chi connectivity index (χ3v) is 4.91. The molecule has 0 rings (SSSR count). The van der Waals surface area contributed by atoms with Gasteiger partial charge in [0.05, 0.1) is 139 Å². The lowest BCUT2D eigenvalue weighted by atomic mass is 10.2. The molecule has 0 aliphatic carbocycles. The van der Waals surface area contributed by atoms with Crippen molar-refractivity contribution in [2.45, 2.75) is 26.4 Å². The molecule has 0 heterocycles. The number of ether oxygens (including phenoxy) is 12. The summed E-state index contributed by atoms with van der Waals surface area (Å²) in [4.78, 5) is 11.5. The van der Waals surface area contributed by atoms with Gasteiger partial charge in [-0.3, -0.25) is 0 Å². The molecule has 0 bridgehead atoms. The highest BCUT2D eigenvalue weighted by Gasteiger charge is 2.15. The lowest BCUT2D eigenvalue weighted by Gasteiger charge is -2.19. The topological polar surface area (TPSA) is 128 Å². The molecule has 0 aromatic rings. The Morgan fingerprint density at radius 1 is 0.405 bits per heavy atom. The van der Waals surface area contributed by atoms with Crippen molar-refractivity contribution < 1.29 is 61.6 Å². The number of carbonyl (C=O) groups excluding carboxylic acids is 1. The highest BCUT2D eigenvalue weighted by Crippen LogP contribution is 2.06. The number of alkyl halides is 1. The van der Waals surface area contributed by atoms with E-state index in [1.807, 2.05) is 20.8 Å². The minimum absolute atomic E-state index is 0.0814. The molecule has 0 aromatic heterocycles. The Bertz CT molecular complexity index is 552. The van der Waals surface area contributed by atoms with Gasteiger partial charge in [0, 0.05) is 5.33 Å². The van der Waals surface area contributed by atoms with Gasteiger partial charge in [-0.15, -0.1) is 0 Å². The molecular weight excluding hydrogens is 624 g/mol. The Labute approximate surface area is 260 Å². The van der Waals surface area contributed by atoms with Crippen molar-refractivity contribution in [3.63, 3.8) is 0 Å². The van der Waals surface area contributed by atoms with Gasteiger partial charge in [-0.2, -0.15) is 0 Å². The Morgan fingerprint density at radius 3 is 0.833 bits per heavy atom. The molecule has 0 aromatic carbocycles. The first kappa shape index (κ1) is 41.5. The van der Waals surface area contributed by atoms with E-state index >= 15 is 0 Å². The van der Waals surface area contributed by atoms with Crippen molar-refractivity contribution >= 4 is 21.9 Å². The fourth-order valence-corrected chi connectivity index (χ4v) is 3.01. The molecule has 0 atom stereocenters. The summed E-state index contributed by atoms with van der Waals surface area (Å²) >= 11 is 3.30. The Balaban J connectivity index is 3.09. The molecular formula is C28H55BrO13. The number of hydrogen-bond donors (Lipinski definition) is 0. The molecule has 252 valence electrons. The summed E-state index contributed by atoms with van der Waals surface area (Å²) in [5.41, 5.74) is -0.509. The standard InChI is InChI=1S/C28H55BrO13/c1-28(2,3)42-27(30)26-41-25-24-40-23-22-39-21-20-38-19-18-37-17-16-36-15-14-35-13-12-34-11-10-33-9-8-32-7-6-31-5-4-29/h4-26H2,1-3H3. The third-order valence-electron chi connectivity index (χ3n) is 4.58. The number of halogens is 1. The first-order valence-corrected chi connectivity index (χ1v) is 15.7. The van der Waals surface area contributed by atoms with E-state index in [0.717, 1.165) is 5.33 Å². The first-order valence-electron chi connectivity index (χ1n) is 14.6. The summed E-state index contributed by atoms with van der Waals surface area (Å²) in [6.45, 7) is 15.9. The molecule has 0 N–H and O–H groups in total. The summed E-state index contributed by atoms with van der Waals surface area (Å²) < 4.78 is 64.5. The highest BCUT2D eigenvalue weighted by molar-refractivity contribution is 9.09. The van der Waals surface area contributed by atoms with Crippen LogP contribution in [0.5, 0.6) is 0 Å². The molecule has 0 saturated carbocycles. The predicted octanol–water partition coefficient (Wildman–Crippen LogP) is 1.91. The number of rotatable bonds is 34. The summed E-state index contributed by atoms with van der Waals surface area (Å²) in [6.07, 6.45) is 0. The van der Waals surface area contributed by atoms with Crippen molar-refractivity contribution in [1.29, 1.82) is 0 Å². The summed E-state index contributed by atoms with van der Waals surface area (Å²) in [6, 6.07) is 0. The van der Waals surface area contributed by atoms with Crippen LogP contribution >= 0.6 is 15.9 Å². The van der Waals surface area contributed by atoms with E-state index in [0.29, 0.717) is 139 Å². The summed E-state index contributed by atoms with van der Waals surface area (Å²) in [5, 5.41) is 0.834. The van der Waals surface area contributed by atoms with Crippen LogP contribution in [0.2, 0.25) is 0 Å². The Morgan fingerprint density at radius 2 is 0.619 bits per heavy atom. The molecule has 0 unspecified atom stereocenters. The second kappa shape index (κ2) is 33.4. The molecule has 0 radical (unpaired) electrons. The van der Waals surface area contributed by atoms with Gasteiger partial charge in [0.1, 0.15) is 12.2 Å². The minimum Gasteiger partial charge on any atom is -0.458 e. The maximum Gasteiger partial charge on any atom is 0.332 e. The van der Waals surface area contributed by atoms with Gasteiger partial charge in [-0.1, -0.05) is 15.9 Å². The van der Waals surface area contributed by atoms with Gasteiger partial charge in [0.2, 0.25) is 0 Å². The van der Waals surface area contributed by atoms with Crippen molar-refractivity contribution in [3.05, 3.63) is 0 Å². The molecule has 42 heavy (non-hydrogen) atoms. The molecule has 0 amide bonds. The van der Waals surface area contributed by atoms with Crippen molar-refractivity contribution in [3.8, 4) is 0 Å². The third kappa shape index (κ3) is 37.5. The van der Waals surface area contributed by atoms with E-state index in [4.69, 9.17) is 56.8 Å². The van der Waals surface area contributed by atoms with Gasteiger partial charge in [0.15, 0.2) is 0 Å². The van der Waals surface area contributed by atoms with Crippen LogP contribution in [0.3, 0.4) is 0 Å². The number of esters is 1. The van der Waals surface area contributed by atoms with E-state index in [2.05, 4.69) is 15.9 Å². The van der Waals surface area contributed by atoms with Crippen LogP contribution < -0.4 is 0 Å². The zero-order valence-corrected chi connectivity index (χ0v) is 27.5. The predicted molar refractivity (Wildman–Crippen MR) is 159 cm³/mol. The Kier molecular flexibility index (Phi) is 33.0. The molecule has 0 saturated heterocycles. The second-order valence-corrected chi connectivity index (χ2v) is 10.2. The zero-order valence-electron chi connectivity index (χ0n) is 25.9. The van der Waals surface area contributed by atoms with Gasteiger partial charge in [0.25, 0.3) is 0 Å². The van der Waals surface area contributed by atoms with E-state index < -0.39 is 5.60 Å². The summed E-state index contributed by atoms with van der Waals surface area (Å²) in [5.74, 6) is -0.385. The normalized spacial score (nSPS) is 11.8. The quantitative estimate of drug-likeness (QED) is 0.0559. The van der Waals surface area contributed by atoms with Crippen LogP contribution in [0.4, 0.5) is 0 Å². The summed E-state index contributed by atoms with van der Waals surface area (Å²) in [7, 11) is 0. The smallest absolute Gasteiger partial charge is 0.332 e. The van der Waals surface area contributed by atoms with Crippen LogP contribution in [0.1, 0.15) is 20.8 Å². The second-order valence-electron chi connectivity index (χ2n) is 9.45. The molecule has 0 aliphatic heterocycles. The van der Waals surface area contributed by atoms with E-state index in [1.165, 1.54) is 0 Å². The van der Waals surface area contributed by atoms with E-state index in [-0.39, 0.29) is 12.6 Å². The van der Waals surface area contributed by atoms with Crippen molar-refractivity contribution in [2.75, 3.05) is 151 Å². The lowest BCUT2D eigenvalue weighted by molar-refractivity contribution is -0.160. The Hall–Kier alpha value is -0.490. The largest absolute Gasteiger partial charge is 0.458 e. The zero-order chi connectivity index (χ0) is 30.8. The van der Waals surface area contributed by atoms with Gasteiger partial charge in [-0.25, -0.2) is 4.79 Å². The van der Waals surface area contributed by atoms with Gasteiger partial charge in [-0.05, 0) is 20.8 Å². The van der Waals surface area contributed by atoms with Crippen LogP contribution in [0.25, 0.3) is 0 Å². The van der Waals surface area contributed by atoms with Gasteiger partial charge < -0.3 is 56.8 Å². The average molecular weight is 680 g/mol. The number of carbonyl (C=O) groups is 1. The molecule has 0 fully saturated rings. The highest BCUT2D eigenvalue weighted by atomic mass is 79.9. The molecule has 0 aliphatic rings.